The first-order chi connectivity index (χ1) is 8.27. The first-order valence-electron chi connectivity index (χ1n) is 5.83. The molecule has 2 rings (SSSR count). The van der Waals surface area contributed by atoms with Crippen LogP contribution in [0, 0.1) is 5.92 Å². The third-order valence-corrected chi connectivity index (χ3v) is 2.98. The lowest BCUT2D eigenvalue weighted by molar-refractivity contribution is -0.118. The van der Waals surface area contributed by atoms with Crippen LogP contribution in [0.25, 0.3) is 5.76 Å². The maximum Gasteiger partial charge on any atom is 0.162 e. The number of hydrogen-bond acceptors (Lipinski definition) is 4. The molecular formula is C13H16N2O2. The minimum Gasteiger partial charge on any atom is -0.507 e. The number of carbonyl (C=O) groups is 1. The van der Waals surface area contributed by atoms with Crippen LogP contribution in [0.5, 0.6) is 0 Å². The van der Waals surface area contributed by atoms with Gasteiger partial charge in [-0.15, -0.1) is 0 Å². The normalized spacial score (nSPS) is 18.0. The lowest BCUT2D eigenvalue weighted by Gasteiger charge is -2.20. The molecule has 2 N–H and O–H groups in total. The largest absolute Gasteiger partial charge is 0.507 e. The Kier molecular flexibility index (Phi) is 3.88. The highest BCUT2D eigenvalue weighted by molar-refractivity contribution is 5.96. The van der Waals surface area contributed by atoms with Gasteiger partial charge in [0, 0.05) is 30.0 Å². The van der Waals surface area contributed by atoms with Crippen molar-refractivity contribution in [2.24, 2.45) is 5.92 Å². The zero-order valence-electron chi connectivity index (χ0n) is 9.60. The molecule has 0 aliphatic carbocycles. The number of aliphatic hydroxyl groups is 1. The number of rotatable bonds is 3. The highest BCUT2D eigenvalue weighted by atomic mass is 16.3. The molecule has 90 valence electrons. The molecule has 1 saturated heterocycles. The highest BCUT2D eigenvalue weighted by Gasteiger charge is 2.19. The summed E-state index contributed by atoms with van der Waals surface area (Å²) in [6.45, 7) is 1.75. The zero-order chi connectivity index (χ0) is 12.1. The van der Waals surface area contributed by atoms with Crippen LogP contribution < -0.4 is 5.32 Å². The fourth-order valence-corrected chi connectivity index (χ4v) is 1.96. The van der Waals surface area contributed by atoms with Crippen molar-refractivity contribution in [1.82, 2.24) is 10.3 Å². The summed E-state index contributed by atoms with van der Waals surface area (Å²) in [7, 11) is 0. The number of hydrogen-bond donors (Lipinski definition) is 2. The number of pyridine rings is 1. The Labute approximate surface area is 100 Å². The van der Waals surface area contributed by atoms with Gasteiger partial charge >= 0.3 is 0 Å². The second kappa shape index (κ2) is 5.59. The van der Waals surface area contributed by atoms with Crippen LogP contribution in [-0.2, 0) is 4.79 Å². The monoisotopic (exact) mass is 232 g/mol. The van der Waals surface area contributed by atoms with E-state index in [4.69, 9.17) is 0 Å². The first-order valence-corrected chi connectivity index (χ1v) is 5.83. The van der Waals surface area contributed by atoms with Crippen molar-refractivity contribution in [1.29, 1.82) is 0 Å². The Balaban J connectivity index is 2.05. The predicted octanol–water partition coefficient (Wildman–Crippen LogP) is 1.55. The lowest BCUT2D eigenvalue weighted by Crippen LogP contribution is -2.31. The van der Waals surface area contributed by atoms with Crippen molar-refractivity contribution in [2.75, 3.05) is 13.1 Å². The van der Waals surface area contributed by atoms with Crippen LogP contribution in [0.4, 0.5) is 0 Å². The van der Waals surface area contributed by atoms with E-state index in [1.54, 1.807) is 24.5 Å². The Morgan fingerprint density at radius 2 is 2.24 bits per heavy atom. The minimum atomic E-state index is 0.00151. The predicted molar refractivity (Wildman–Crippen MR) is 65.4 cm³/mol. The van der Waals surface area contributed by atoms with Crippen molar-refractivity contribution in [3.63, 3.8) is 0 Å². The maximum absolute atomic E-state index is 11.9. The van der Waals surface area contributed by atoms with E-state index in [1.807, 2.05) is 0 Å². The zero-order valence-corrected chi connectivity index (χ0v) is 9.60. The average molecular weight is 232 g/mol. The fraction of sp³-hybridized carbons (Fsp3) is 0.385. The molecule has 1 aromatic rings. The molecule has 17 heavy (non-hydrogen) atoms. The van der Waals surface area contributed by atoms with Crippen molar-refractivity contribution in [3.8, 4) is 0 Å². The van der Waals surface area contributed by atoms with E-state index in [9.17, 15) is 9.90 Å². The topological polar surface area (TPSA) is 62.2 Å². The molecule has 0 spiro atoms. The Bertz CT molecular complexity index is 409. The van der Waals surface area contributed by atoms with Crippen molar-refractivity contribution >= 4 is 11.5 Å². The van der Waals surface area contributed by atoms with Crippen molar-refractivity contribution in [2.45, 2.75) is 12.8 Å². The van der Waals surface area contributed by atoms with Crippen LogP contribution in [0.1, 0.15) is 18.4 Å². The minimum absolute atomic E-state index is 0.00151. The van der Waals surface area contributed by atoms with Crippen LogP contribution >= 0.6 is 0 Å². The third kappa shape index (κ3) is 3.14. The van der Waals surface area contributed by atoms with Gasteiger partial charge in [-0.25, -0.2) is 0 Å². The van der Waals surface area contributed by atoms with Gasteiger partial charge in [0.25, 0.3) is 0 Å². The van der Waals surface area contributed by atoms with E-state index in [-0.39, 0.29) is 17.5 Å². The molecule has 2 heterocycles. The van der Waals surface area contributed by atoms with E-state index in [0.717, 1.165) is 25.9 Å². The number of nitrogens with one attached hydrogen (secondary N) is 1. The molecular weight excluding hydrogens is 216 g/mol. The van der Waals surface area contributed by atoms with Crippen LogP contribution in [0.2, 0.25) is 0 Å². The molecule has 1 aliphatic rings. The number of piperidine rings is 1. The van der Waals surface area contributed by atoms with Gasteiger partial charge in [0.1, 0.15) is 5.76 Å². The quantitative estimate of drug-likeness (QED) is 0.613. The average Bonchev–Trinajstić information content (AvgIpc) is 2.40. The molecule has 4 heteroatoms. The van der Waals surface area contributed by atoms with Crippen LogP contribution in [0.15, 0.2) is 30.6 Å². The summed E-state index contributed by atoms with van der Waals surface area (Å²) in [5.41, 5.74) is 0.579. The summed E-state index contributed by atoms with van der Waals surface area (Å²) >= 11 is 0. The molecule has 0 bridgehead atoms. The summed E-state index contributed by atoms with van der Waals surface area (Å²) in [6, 6.07) is 3.46. The van der Waals surface area contributed by atoms with E-state index >= 15 is 0 Å². The Morgan fingerprint density at radius 1 is 1.47 bits per heavy atom. The smallest absolute Gasteiger partial charge is 0.162 e. The molecule has 1 fully saturated rings. The van der Waals surface area contributed by atoms with Crippen molar-refractivity contribution < 1.29 is 9.90 Å². The van der Waals surface area contributed by atoms with Crippen molar-refractivity contribution in [3.05, 3.63) is 36.2 Å². The Morgan fingerprint density at radius 3 is 2.88 bits per heavy atom. The summed E-state index contributed by atoms with van der Waals surface area (Å²) < 4.78 is 0. The van der Waals surface area contributed by atoms with Gasteiger partial charge in [0.15, 0.2) is 5.78 Å². The van der Waals surface area contributed by atoms with Gasteiger partial charge in [0.2, 0.25) is 0 Å². The molecule has 0 unspecified atom stereocenters. The fourth-order valence-electron chi connectivity index (χ4n) is 1.96. The van der Waals surface area contributed by atoms with Gasteiger partial charge in [-0.05, 0) is 38.1 Å². The SMILES string of the molecule is O=C(/C=C(\O)c1cccnc1)C1CCNCC1. The maximum atomic E-state index is 11.9. The van der Waals surface area contributed by atoms with E-state index in [0.29, 0.717) is 5.56 Å². The number of allylic oxidation sites excluding steroid dienone is 1. The molecule has 0 aromatic carbocycles. The van der Waals surface area contributed by atoms with Gasteiger partial charge in [-0.1, -0.05) is 0 Å². The van der Waals surface area contributed by atoms with Crippen LogP contribution in [0.3, 0.4) is 0 Å². The summed E-state index contributed by atoms with van der Waals surface area (Å²) in [6.07, 6.45) is 6.19. The Hall–Kier alpha value is -1.68. The second-order valence-corrected chi connectivity index (χ2v) is 4.20. The summed E-state index contributed by atoms with van der Waals surface area (Å²) in [4.78, 5) is 15.8. The second-order valence-electron chi connectivity index (χ2n) is 4.20. The highest BCUT2D eigenvalue weighted by Crippen LogP contribution is 2.16. The molecule has 0 amide bonds. The summed E-state index contributed by atoms with van der Waals surface area (Å²) in [5.74, 6) is 0.0459. The lowest BCUT2D eigenvalue weighted by atomic mass is 9.93. The molecule has 1 aromatic heterocycles. The van der Waals surface area contributed by atoms with Gasteiger partial charge in [-0.3, -0.25) is 9.78 Å². The van der Waals surface area contributed by atoms with E-state index < -0.39 is 0 Å². The van der Waals surface area contributed by atoms with Crippen LogP contribution in [-0.4, -0.2) is 29.0 Å². The number of carbonyl (C=O) groups excluding carboxylic acids is 1. The number of nitrogens with zero attached hydrogens (tertiary/aromatic N) is 1. The number of ketones is 1. The third-order valence-electron chi connectivity index (χ3n) is 2.98. The standard InChI is InChI=1S/C13H16N2O2/c16-12(10-3-6-14-7-4-10)8-13(17)11-2-1-5-15-9-11/h1-2,5,8-10,14,17H,3-4,6-7H2/b13-8-. The number of aliphatic hydroxyl groups excluding tert-OH is 1. The van der Waals surface area contributed by atoms with Gasteiger partial charge < -0.3 is 10.4 Å². The number of aromatic nitrogens is 1. The van der Waals surface area contributed by atoms with Gasteiger partial charge in [-0.2, -0.15) is 0 Å². The molecule has 1 aliphatic heterocycles. The summed E-state index contributed by atoms with van der Waals surface area (Å²) in [5, 5.41) is 13.0. The molecule has 0 saturated carbocycles. The first kappa shape index (κ1) is 11.8. The molecule has 0 radical (unpaired) electrons. The van der Waals surface area contributed by atoms with E-state index in [1.165, 1.54) is 6.08 Å². The van der Waals surface area contributed by atoms with Gasteiger partial charge in [0.05, 0.1) is 0 Å². The molecule has 4 nitrogen and oxygen atoms in total. The van der Waals surface area contributed by atoms with E-state index in [2.05, 4.69) is 10.3 Å². The molecule has 0 atom stereocenters.